The number of hydrogen-bond acceptors (Lipinski definition) is 7. The minimum absolute atomic E-state index is 0.335. The lowest BCUT2D eigenvalue weighted by Gasteiger charge is -2.38. The maximum atomic E-state index is 13.5. The van der Waals surface area contributed by atoms with E-state index in [9.17, 15) is 9.59 Å². The Hall–Kier alpha value is -3.79. The molecule has 0 bridgehead atoms. The summed E-state index contributed by atoms with van der Waals surface area (Å²) in [4.78, 5) is 31.8. The molecule has 10 heteroatoms. The number of benzene rings is 2. The Morgan fingerprint density at radius 2 is 1.80 bits per heavy atom. The third kappa shape index (κ3) is 5.17. The van der Waals surface area contributed by atoms with Crippen LogP contribution in [0.2, 0.25) is 0 Å². The molecule has 0 fully saturated rings. The second kappa shape index (κ2) is 10.6. The highest BCUT2D eigenvalue weighted by Crippen LogP contribution is 2.41. The van der Waals surface area contributed by atoms with Gasteiger partial charge in [0.1, 0.15) is 11.8 Å². The number of urea groups is 1. The van der Waals surface area contributed by atoms with Crippen molar-refractivity contribution in [3.05, 3.63) is 64.7 Å². The summed E-state index contributed by atoms with van der Waals surface area (Å²) in [6, 6.07) is 10.0. The Kier molecular flexibility index (Phi) is 7.40. The molecule has 4 rings (SSSR count). The molecule has 3 amide bonds. The Morgan fingerprint density at radius 3 is 2.43 bits per heavy atom. The summed E-state index contributed by atoms with van der Waals surface area (Å²) < 4.78 is 16.3. The van der Waals surface area contributed by atoms with E-state index < -0.39 is 12.1 Å². The number of aromatic nitrogens is 1. The fourth-order valence-electron chi connectivity index (χ4n) is 4.14. The molecular weight excluding hydrogens is 468 g/mol. The van der Waals surface area contributed by atoms with Crippen LogP contribution in [0.15, 0.2) is 48.0 Å². The van der Waals surface area contributed by atoms with Crippen LogP contribution in [-0.2, 0) is 11.2 Å². The lowest BCUT2D eigenvalue weighted by atomic mass is 9.87. The van der Waals surface area contributed by atoms with Gasteiger partial charge >= 0.3 is 6.03 Å². The van der Waals surface area contributed by atoms with Gasteiger partial charge < -0.3 is 29.7 Å². The quantitative estimate of drug-likeness (QED) is 0.515. The molecule has 1 aliphatic rings. The van der Waals surface area contributed by atoms with Crippen LogP contribution in [0.4, 0.5) is 9.93 Å². The van der Waals surface area contributed by atoms with Crippen molar-refractivity contribution in [2.75, 3.05) is 33.2 Å². The fraction of sp³-hybridized carbons (Fsp3) is 0.320. The summed E-state index contributed by atoms with van der Waals surface area (Å²) in [5.74, 6) is 1.62. The van der Waals surface area contributed by atoms with E-state index in [-0.39, 0.29) is 11.9 Å². The highest BCUT2D eigenvalue weighted by molar-refractivity contribution is 7.13. The average molecular weight is 497 g/mol. The molecule has 0 saturated heterocycles. The van der Waals surface area contributed by atoms with Crippen molar-refractivity contribution in [3.8, 4) is 17.2 Å². The molecular formula is C25H28N4O5S. The Morgan fingerprint density at radius 1 is 1.09 bits per heavy atom. The smallest absolute Gasteiger partial charge is 0.318 e. The minimum atomic E-state index is -0.755. The number of nitrogens with zero attached hydrogens (tertiary/aromatic N) is 2. The summed E-state index contributed by atoms with van der Waals surface area (Å²) >= 11 is 1.32. The van der Waals surface area contributed by atoms with Crippen LogP contribution in [0.1, 0.15) is 29.7 Å². The van der Waals surface area contributed by atoms with E-state index in [2.05, 4.69) is 15.6 Å². The van der Waals surface area contributed by atoms with Gasteiger partial charge in [0.25, 0.3) is 0 Å². The van der Waals surface area contributed by atoms with Crippen molar-refractivity contribution in [1.82, 2.24) is 15.2 Å². The summed E-state index contributed by atoms with van der Waals surface area (Å²) in [5.41, 5.74) is 2.92. The van der Waals surface area contributed by atoms with Crippen molar-refractivity contribution in [2.45, 2.75) is 25.4 Å². The predicted octanol–water partition coefficient (Wildman–Crippen LogP) is 3.85. The van der Waals surface area contributed by atoms with E-state index in [1.807, 2.05) is 36.4 Å². The Balaban J connectivity index is 1.64. The zero-order valence-electron chi connectivity index (χ0n) is 20.0. The molecule has 0 unspecified atom stereocenters. The number of methoxy groups -OCH3 is 3. The van der Waals surface area contributed by atoms with Crippen molar-refractivity contribution in [1.29, 1.82) is 0 Å². The number of carbonyl (C=O) groups excluding carboxylic acids is 2. The van der Waals surface area contributed by atoms with E-state index in [1.165, 1.54) is 11.3 Å². The van der Waals surface area contributed by atoms with Crippen LogP contribution >= 0.6 is 11.3 Å². The molecule has 2 atom stereocenters. The number of amides is 3. The van der Waals surface area contributed by atoms with Gasteiger partial charge in [-0.05, 0) is 54.3 Å². The lowest BCUT2D eigenvalue weighted by molar-refractivity contribution is -0.117. The van der Waals surface area contributed by atoms with Gasteiger partial charge in [0, 0.05) is 18.1 Å². The first-order valence-corrected chi connectivity index (χ1v) is 12.0. The predicted molar refractivity (Wildman–Crippen MR) is 134 cm³/mol. The number of ether oxygens (including phenoxy) is 3. The number of carbonyl (C=O) groups is 2. The zero-order chi connectivity index (χ0) is 24.9. The van der Waals surface area contributed by atoms with Gasteiger partial charge in [-0.25, -0.2) is 9.78 Å². The number of hydrogen-bond donors (Lipinski definition) is 2. The van der Waals surface area contributed by atoms with Gasteiger partial charge in [0.2, 0.25) is 5.91 Å². The van der Waals surface area contributed by atoms with Gasteiger partial charge in [0.15, 0.2) is 16.6 Å². The first-order valence-electron chi connectivity index (χ1n) is 11.1. The third-order valence-electron chi connectivity index (χ3n) is 5.96. The molecule has 3 aromatic rings. The van der Waals surface area contributed by atoms with E-state index in [4.69, 9.17) is 14.2 Å². The molecule has 9 nitrogen and oxygen atoms in total. The molecule has 0 spiro atoms. The van der Waals surface area contributed by atoms with Crippen LogP contribution in [0, 0.1) is 0 Å². The van der Waals surface area contributed by atoms with Crippen LogP contribution in [0.5, 0.6) is 17.2 Å². The van der Waals surface area contributed by atoms with Gasteiger partial charge in [0.05, 0.1) is 27.4 Å². The summed E-state index contributed by atoms with van der Waals surface area (Å²) in [6.07, 6.45) is 2.24. The molecule has 1 aromatic heterocycles. The highest BCUT2D eigenvalue weighted by Gasteiger charge is 2.34. The van der Waals surface area contributed by atoms with Crippen molar-refractivity contribution < 1.29 is 23.8 Å². The summed E-state index contributed by atoms with van der Waals surface area (Å²) in [7, 11) is 4.80. The molecule has 2 N–H and O–H groups in total. The second-order valence-electron chi connectivity index (χ2n) is 8.02. The van der Waals surface area contributed by atoms with E-state index in [1.54, 1.807) is 44.7 Å². The van der Waals surface area contributed by atoms with Gasteiger partial charge in [-0.2, -0.15) is 0 Å². The Labute approximate surface area is 208 Å². The van der Waals surface area contributed by atoms with Crippen molar-refractivity contribution in [2.24, 2.45) is 0 Å². The minimum Gasteiger partial charge on any atom is -0.497 e. The molecule has 0 radical (unpaired) electrons. The molecule has 2 heterocycles. The van der Waals surface area contributed by atoms with E-state index in [0.717, 1.165) is 22.4 Å². The molecule has 1 aliphatic heterocycles. The van der Waals surface area contributed by atoms with Gasteiger partial charge in [-0.3, -0.25) is 4.79 Å². The van der Waals surface area contributed by atoms with Gasteiger partial charge in [-0.1, -0.05) is 12.1 Å². The van der Waals surface area contributed by atoms with E-state index in [0.29, 0.717) is 29.6 Å². The van der Waals surface area contributed by atoms with Crippen LogP contribution < -0.4 is 24.8 Å². The standard InChI is InChI=1S/C25H28N4O5S/c1-15(23(30)28-24-26-10-12-35-24)27-25(31)29-11-9-17-13-20(33-3)21(34-4)14-19(17)22(29)16-5-7-18(32-2)8-6-16/h5-8,10,12-15,22H,9,11H2,1-4H3,(H,27,31)(H,26,28,30)/t15-,22+/m0/s1. The maximum Gasteiger partial charge on any atom is 0.318 e. The number of thiazole rings is 1. The van der Waals surface area contributed by atoms with Crippen LogP contribution in [-0.4, -0.2) is 55.7 Å². The zero-order valence-corrected chi connectivity index (χ0v) is 20.8. The fourth-order valence-corrected chi connectivity index (χ4v) is 4.67. The number of nitrogens with one attached hydrogen (secondary N) is 2. The maximum absolute atomic E-state index is 13.5. The summed E-state index contributed by atoms with van der Waals surface area (Å²) in [6.45, 7) is 2.11. The number of fused-ring (bicyclic) bond motifs is 1. The molecule has 35 heavy (non-hydrogen) atoms. The summed E-state index contributed by atoms with van der Waals surface area (Å²) in [5, 5.41) is 7.81. The molecule has 2 aromatic carbocycles. The normalized spacial score (nSPS) is 15.5. The number of rotatable bonds is 7. The van der Waals surface area contributed by atoms with Crippen LogP contribution in [0.3, 0.4) is 0 Å². The SMILES string of the molecule is COc1ccc([C@@H]2c3cc(OC)c(OC)cc3CCN2C(=O)N[C@@H](C)C(=O)Nc2nccs2)cc1. The van der Waals surface area contributed by atoms with Crippen molar-refractivity contribution >= 4 is 28.4 Å². The Bertz CT molecular complexity index is 1180. The molecule has 0 aliphatic carbocycles. The molecule has 0 saturated carbocycles. The topological polar surface area (TPSA) is 102 Å². The van der Waals surface area contributed by atoms with Crippen LogP contribution in [0.25, 0.3) is 0 Å². The molecule has 184 valence electrons. The largest absolute Gasteiger partial charge is 0.497 e. The highest BCUT2D eigenvalue weighted by atomic mass is 32.1. The first-order chi connectivity index (χ1) is 16.9. The van der Waals surface area contributed by atoms with Gasteiger partial charge in [-0.15, -0.1) is 11.3 Å². The lowest BCUT2D eigenvalue weighted by Crippen LogP contribution is -2.51. The first kappa shape index (κ1) is 24.3. The number of anilines is 1. The third-order valence-corrected chi connectivity index (χ3v) is 6.65. The van der Waals surface area contributed by atoms with E-state index >= 15 is 0 Å². The monoisotopic (exact) mass is 496 g/mol. The average Bonchev–Trinajstić information content (AvgIpc) is 3.40. The second-order valence-corrected chi connectivity index (χ2v) is 8.92. The van der Waals surface area contributed by atoms with Crippen molar-refractivity contribution in [3.63, 3.8) is 0 Å².